The van der Waals surface area contributed by atoms with Gasteiger partial charge >= 0.3 is 0 Å². The largest absolute Gasteiger partial charge is 0.497 e. The lowest BCUT2D eigenvalue weighted by molar-refractivity contribution is -0.126. The summed E-state index contributed by atoms with van der Waals surface area (Å²) in [6, 6.07) is 7.57. The summed E-state index contributed by atoms with van der Waals surface area (Å²) < 4.78 is 5.14. The van der Waals surface area contributed by atoms with Crippen LogP contribution < -0.4 is 4.74 Å². The Morgan fingerprint density at radius 3 is 2.90 bits per heavy atom. The van der Waals surface area contributed by atoms with Crippen LogP contribution >= 0.6 is 0 Å². The first kappa shape index (κ1) is 14.6. The van der Waals surface area contributed by atoms with Gasteiger partial charge in [0.05, 0.1) is 13.2 Å². The summed E-state index contributed by atoms with van der Waals surface area (Å²) in [5, 5.41) is 9.24. The van der Waals surface area contributed by atoms with Crippen LogP contribution in [0.2, 0.25) is 0 Å². The number of nitrogens with zero attached hydrogens (tertiary/aromatic N) is 1. The van der Waals surface area contributed by atoms with Crippen LogP contribution in [0.3, 0.4) is 0 Å². The number of benzene rings is 1. The van der Waals surface area contributed by atoms with Crippen LogP contribution in [-0.4, -0.2) is 42.7 Å². The molecule has 1 aromatic carbocycles. The second-order valence-electron chi connectivity index (χ2n) is 5.32. The molecule has 1 aromatic rings. The third-order valence-electron chi connectivity index (χ3n) is 3.63. The number of rotatable bonds is 5. The Morgan fingerprint density at radius 1 is 1.50 bits per heavy atom. The zero-order chi connectivity index (χ0) is 14.5. The van der Waals surface area contributed by atoms with Crippen LogP contribution in [0, 0.1) is 5.92 Å². The summed E-state index contributed by atoms with van der Waals surface area (Å²) in [6.45, 7) is 0.707. The molecule has 0 heterocycles. The molecule has 0 saturated heterocycles. The highest BCUT2D eigenvalue weighted by Crippen LogP contribution is 2.27. The Hall–Kier alpha value is -1.81. The molecular weight excluding hydrogens is 254 g/mol. The third kappa shape index (κ3) is 3.84. The van der Waals surface area contributed by atoms with Crippen LogP contribution in [-0.2, 0) is 4.79 Å². The van der Waals surface area contributed by atoms with Crippen LogP contribution in [0.1, 0.15) is 18.4 Å². The lowest BCUT2D eigenvalue weighted by Gasteiger charge is -2.34. The molecule has 4 nitrogen and oxygen atoms in total. The molecule has 0 aromatic heterocycles. The molecule has 0 radical (unpaired) electrons. The van der Waals surface area contributed by atoms with Crippen molar-refractivity contribution in [2.24, 2.45) is 5.92 Å². The number of likely N-dealkylation sites (N-methyl/N-ethyl adjacent to an activating group) is 1. The summed E-state index contributed by atoms with van der Waals surface area (Å²) in [5.74, 6) is 1.19. The van der Waals surface area contributed by atoms with Gasteiger partial charge in [0.25, 0.3) is 0 Å². The molecule has 108 valence electrons. The highest BCUT2D eigenvalue weighted by Gasteiger charge is 2.28. The lowest BCUT2D eigenvalue weighted by Crippen LogP contribution is -2.38. The van der Waals surface area contributed by atoms with Crippen molar-refractivity contribution in [3.8, 4) is 5.75 Å². The molecular formula is C16H21NO3. The first-order chi connectivity index (χ1) is 9.58. The van der Waals surface area contributed by atoms with Gasteiger partial charge in [-0.25, -0.2) is 0 Å². The smallest absolute Gasteiger partial charge is 0.246 e. The van der Waals surface area contributed by atoms with Gasteiger partial charge in [0.15, 0.2) is 0 Å². The third-order valence-corrected chi connectivity index (χ3v) is 3.63. The van der Waals surface area contributed by atoms with Gasteiger partial charge in [-0.05, 0) is 42.5 Å². The molecule has 0 aliphatic heterocycles. The number of ether oxygens (including phenoxy) is 1. The van der Waals surface area contributed by atoms with Gasteiger partial charge in [-0.1, -0.05) is 12.1 Å². The van der Waals surface area contributed by atoms with E-state index in [9.17, 15) is 9.90 Å². The molecule has 1 aliphatic rings. The Morgan fingerprint density at radius 2 is 2.25 bits per heavy atom. The summed E-state index contributed by atoms with van der Waals surface area (Å²) in [7, 11) is 3.41. The maximum absolute atomic E-state index is 12.0. The minimum absolute atomic E-state index is 0.0193. The van der Waals surface area contributed by atoms with E-state index in [-0.39, 0.29) is 12.0 Å². The number of hydrogen-bond acceptors (Lipinski definition) is 3. The number of methoxy groups -OCH3 is 1. The number of aliphatic hydroxyl groups excluding tert-OH is 1. The molecule has 1 fully saturated rings. The van der Waals surface area contributed by atoms with E-state index in [0.29, 0.717) is 12.5 Å². The fraction of sp³-hybridized carbons (Fsp3) is 0.438. The van der Waals surface area contributed by atoms with Crippen molar-refractivity contribution in [1.82, 2.24) is 4.90 Å². The quantitative estimate of drug-likeness (QED) is 0.835. The first-order valence-corrected chi connectivity index (χ1v) is 6.84. The van der Waals surface area contributed by atoms with E-state index >= 15 is 0 Å². The molecule has 20 heavy (non-hydrogen) atoms. The number of carbonyl (C=O) groups excluding carboxylic acids is 1. The Balaban J connectivity index is 1.87. The molecule has 0 bridgehead atoms. The lowest BCUT2D eigenvalue weighted by atomic mass is 9.82. The van der Waals surface area contributed by atoms with Crippen molar-refractivity contribution in [1.29, 1.82) is 0 Å². The average molecular weight is 275 g/mol. The molecule has 0 unspecified atom stereocenters. The molecule has 2 rings (SSSR count). The summed E-state index contributed by atoms with van der Waals surface area (Å²) >= 11 is 0. The fourth-order valence-corrected chi connectivity index (χ4v) is 2.37. The van der Waals surface area contributed by atoms with Crippen molar-refractivity contribution in [3.05, 3.63) is 35.9 Å². The summed E-state index contributed by atoms with van der Waals surface area (Å²) in [4.78, 5) is 13.7. The van der Waals surface area contributed by atoms with Crippen LogP contribution in [0.5, 0.6) is 5.75 Å². The second kappa shape index (κ2) is 6.57. The molecule has 1 aliphatic carbocycles. The van der Waals surface area contributed by atoms with Gasteiger partial charge in [0.1, 0.15) is 5.75 Å². The van der Waals surface area contributed by atoms with Crippen molar-refractivity contribution in [2.75, 3.05) is 20.7 Å². The fourth-order valence-electron chi connectivity index (χ4n) is 2.37. The van der Waals surface area contributed by atoms with Gasteiger partial charge in [-0.15, -0.1) is 0 Å². The summed E-state index contributed by atoms with van der Waals surface area (Å²) in [6.07, 6.45) is 4.80. The minimum Gasteiger partial charge on any atom is -0.497 e. The number of aliphatic hydroxyl groups is 1. The molecule has 1 N–H and O–H groups in total. The standard InChI is InChI=1S/C16H21NO3/c1-17(11-13-8-14(18)9-13)16(19)7-6-12-4-3-5-15(10-12)20-2/h3-7,10,13-14,18H,8-9,11H2,1-2H3. The Bertz CT molecular complexity index is 492. The topological polar surface area (TPSA) is 49.8 Å². The highest BCUT2D eigenvalue weighted by molar-refractivity contribution is 5.91. The molecule has 0 spiro atoms. The SMILES string of the molecule is COc1cccc(C=CC(=O)N(C)CC2CC(O)C2)c1. The van der Waals surface area contributed by atoms with Crippen LogP contribution in [0.15, 0.2) is 30.3 Å². The predicted molar refractivity (Wildman–Crippen MR) is 78.4 cm³/mol. The highest BCUT2D eigenvalue weighted by atomic mass is 16.5. The second-order valence-corrected chi connectivity index (χ2v) is 5.32. The molecule has 1 saturated carbocycles. The maximum Gasteiger partial charge on any atom is 0.246 e. The maximum atomic E-state index is 12.0. The minimum atomic E-state index is -0.171. The van der Waals surface area contributed by atoms with Crippen molar-refractivity contribution in [2.45, 2.75) is 18.9 Å². The van der Waals surface area contributed by atoms with Gasteiger partial charge in [0.2, 0.25) is 5.91 Å². The Kier molecular flexibility index (Phi) is 4.79. The zero-order valence-corrected chi connectivity index (χ0v) is 12.0. The van der Waals surface area contributed by atoms with Crippen LogP contribution in [0.25, 0.3) is 6.08 Å². The molecule has 1 amide bonds. The van der Waals surface area contributed by atoms with E-state index in [2.05, 4.69) is 0 Å². The van der Waals surface area contributed by atoms with Crippen molar-refractivity contribution in [3.63, 3.8) is 0 Å². The van der Waals surface area contributed by atoms with Gasteiger partial charge in [-0.3, -0.25) is 4.79 Å². The van der Waals surface area contributed by atoms with E-state index < -0.39 is 0 Å². The number of carbonyl (C=O) groups is 1. The van der Waals surface area contributed by atoms with Gasteiger partial charge in [0, 0.05) is 19.7 Å². The summed E-state index contributed by atoms with van der Waals surface area (Å²) in [5.41, 5.74) is 0.935. The Labute approximate surface area is 119 Å². The zero-order valence-electron chi connectivity index (χ0n) is 12.0. The molecule has 0 atom stereocenters. The van der Waals surface area contributed by atoms with E-state index in [0.717, 1.165) is 24.2 Å². The van der Waals surface area contributed by atoms with Gasteiger partial charge in [-0.2, -0.15) is 0 Å². The van der Waals surface area contributed by atoms with Crippen molar-refractivity contribution >= 4 is 12.0 Å². The van der Waals surface area contributed by atoms with E-state index in [1.807, 2.05) is 24.3 Å². The number of amides is 1. The van der Waals surface area contributed by atoms with E-state index in [1.54, 1.807) is 31.2 Å². The predicted octanol–water partition coefficient (Wildman–Crippen LogP) is 1.94. The number of hydrogen-bond donors (Lipinski definition) is 1. The van der Waals surface area contributed by atoms with Crippen LogP contribution in [0.4, 0.5) is 0 Å². The van der Waals surface area contributed by atoms with Crippen molar-refractivity contribution < 1.29 is 14.6 Å². The molecule has 4 heteroatoms. The first-order valence-electron chi connectivity index (χ1n) is 6.84. The normalized spacial score (nSPS) is 21.6. The average Bonchev–Trinajstić information content (AvgIpc) is 2.43. The van der Waals surface area contributed by atoms with E-state index in [4.69, 9.17) is 4.74 Å². The van der Waals surface area contributed by atoms with E-state index in [1.165, 1.54) is 0 Å². The van der Waals surface area contributed by atoms with Gasteiger partial charge < -0.3 is 14.7 Å². The monoisotopic (exact) mass is 275 g/mol.